The van der Waals surface area contributed by atoms with Crippen LogP contribution in [0.1, 0.15) is 42.3 Å². The van der Waals surface area contributed by atoms with Gasteiger partial charge >= 0.3 is 0 Å². The summed E-state index contributed by atoms with van der Waals surface area (Å²) < 4.78 is 13.4. The Morgan fingerprint density at radius 2 is 1.93 bits per heavy atom. The maximum absolute atomic E-state index is 12.1. The minimum Gasteiger partial charge on any atom is -0.496 e. The molecule has 2 aliphatic heterocycles. The third-order valence-electron chi connectivity index (χ3n) is 5.75. The summed E-state index contributed by atoms with van der Waals surface area (Å²) in [4.78, 5) is 18.7. The molecule has 0 unspecified atom stereocenters. The molecule has 0 saturated carbocycles. The molecule has 144 valence electrons. The van der Waals surface area contributed by atoms with Gasteiger partial charge in [0, 0.05) is 43.7 Å². The molecule has 0 amide bonds. The largest absolute Gasteiger partial charge is 0.496 e. The Kier molecular flexibility index (Phi) is 5.16. The van der Waals surface area contributed by atoms with E-state index in [-0.39, 0.29) is 5.56 Å². The molecular weight excluding hydrogens is 342 g/mol. The minimum absolute atomic E-state index is 0.0957. The molecule has 0 bridgehead atoms. The van der Waals surface area contributed by atoms with Crippen LogP contribution in [0.25, 0.3) is 0 Å². The number of hydrogen-bond acceptors (Lipinski definition) is 5. The number of aryl methyl sites for hydroxylation is 1. The van der Waals surface area contributed by atoms with Gasteiger partial charge < -0.3 is 14.0 Å². The lowest BCUT2D eigenvalue weighted by Gasteiger charge is -2.34. The zero-order valence-electron chi connectivity index (χ0n) is 16.1. The normalized spacial score (nSPS) is 19.7. The lowest BCUT2D eigenvalue weighted by Crippen LogP contribution is -2.35. The van der Waals surface area contributed by atoms with Crippen molar-refractivity contribution in [1.82, 2.24) is 14.5 Å². The topological polar surface area (TPSA) is 56.6 Å². The van der Waals surface area contributed by atoms with Crippen molar-refractivity contribution in [2.24, 2.45) is 0 Å². The van der Waals surface area contributed by atoms with E-state index in [1.165, 1.54) is 5.69 Å². The molecule has 0 radical (unpaired) electrons. The highest BCUT2D eigenvalue weighted by Crippen LogP contribution is 2.33. The Hall–Kier alpha value is -2.34. The van der Waals surface area contributed by atoms with Gasteiger partial charge in [-0.25, -0.2) is 0 Å². The molecule has 3 heterocycles. The van der Waals surface area contributed by atoms with Crippen molar-refractivity contribution in [3.05, 3.63) is 51.7 Å². The van der Waals surface area contributed by atoms with E-state index < -0.39 is 0 Å². The van der Waals surface area contributed by atoms with Crippen molar-refractivity contribution >= 4 is 0 Å². The molecule has 0 spiro atoms. The highest BCUT2D eigenvalue weighted by Gasteiger charge is 2.27. The van der Waals surface area contributed by atoms with Crippen LogP contribution in [-0.2, 0) is 19.5 Å². The van der Waals surface area contributed by atoms with Crippen molar-refractivity contribution in [3.8, 4) is 11.5 Å². The standard InChI is InChI=1S/C21H27N3O3/c1-26-18-7-3-8-19(27-2)16(18)14-23-10-4-6-15(13-23)17-12-21(25)22-20-9-5-11-24(17)20/h3,7-8,12,15H,4-6,9-11,13-14H2,1-2H3/t15-/m1/s1. The fourth-order valence-corrected chi connectivity index (χ4v) is 4.50. The zero-order valence-corrected chi connectivity index (χ0v) is 16.1. The molecule has 1 aromatic heterocycles. The van der Waals surface area contributed by atoms with Crippen LogP contribution in [0.5, 0.6) is 11.5 Å². The van der Waals surface area contributed by atoms with Gasteiger partial charge in [-0.2, -0.15) is 4.98 Å². The molecular formula is C21H27N3O3. The van der Waals surface area contributed by atoms with Crippen LogP contribution < -0.4 is 15.0 Å². The molecule has 2 aliphatic rings. The predicted octanol–water partition coefficient (Wildman–Crippen LogP) is 2.59. The van der Waals surface area contributed by atoms with Gasteiger partial charge in [-0.15, -0.1) is 0 Å². The van der Waals surface area contributed by atoms with Crippen molar-refractivity contribution < 1.29 is 9.47 Å². The van der Waals surface area contributed by atoms with Gasteiger partial charge in [0.15, 0.2) is 0 Å². The van der Waals surface area contributed by atoms with Gasteiger partial charge in [0.2, 0.25) is 0 Å². The molecule has 0 N–H and O–H groups in total. The van der Waals surface area contributed by atoms with Crippen molar-refractivity contribution in [1.29, 1.82) is 0 Å². The highest BCUT2D eigenvalue weighted by molar-refractivity contribution is 5.44. The molecule has 1 atom stereocenters. The number of likely N-dealkylation sites (tertiary alicyclic amines) is 1. The molecule has 6 heteroatoms. The van der Waals surface area contributed by atoms with Gasteiger partial charge in [-0.1, -0.05) is 6.07 Å². The summed E-state index contributed by atoms with van der Waals surface area (Å²) in [6.07, 6.45) is 4.23. The lowest BCUT2D eigenvalue weighted by atomic mass is 9.93. The maximum Gasteiger partial charge on any atom is 0.273 e. The first kappa shape index (κ1) is 18.0. The van der Waals surface area contributed by atoms with E-state index >= 15 is 0 Å². The first-order valence-electron chi connectivity index (χ1n) is 9.72. The Bertz CT molecular complexity index is 855. The van der Waals surface area contributed by atoms with Crippen molar-refractivity contribution in [2.75, 3.05) is 27.3 Å². The van der Waals surface area contributed by atoms with Crippen LogP contribution in [0.2, 0.25) is 0 Å². The van der Waals surface area contributed by atoms with Crippen LogP contribution in [0.15, 0.2) is 29.1 Å². The summed E-state index contributed by atoms with van der Waals surface area (Å²) in [6, 6.07) is 7.67. The van der Waals surface area contributed by atoms with Gasteiger partial charge in [0.25, 0.3) is 5.56 Å². The zero-order chi connectivity index (χ0) is 18.8. The fourth-order valence-electron chi connectivity index (χ4n) is 4.50. The van der Waals surface area contributed by atoms with E-state index in [4.69, 9.17) is 9.47 Å². The minimum atomic E-state index is -0.0957. The quantitative estimate of drug-likeness (QED) is 0.811. The molecule has 6 nitrogen and oxygen atoms in total. The number of aromatic nitrogens is 2. The van der Waals surface area contributed by atoms with Crippen molar-refractivity contribution in [3.63, 3.8) is 0 Å². The number of benzene rings is 1. The van der Waals surface area contributed by atoms with Crippen LogP contribution in [-0.4, -0.2) is 41.8 Å². The summed E-state index contributed by atoms with van der Waals surface area (Å²) in [5.41, 5.74) is 2.15. The van der Waals surface area contributed by atoms with Crippen molar-refractivity contribution in [2.45, 2.75) is 44.7 Å². The average Bonchev–Trinajstić information content (AvgIpc) is 3.16. The van der Waals surface area contributed by atoms with Crippen LogP contribution in [0.4, 0.5) is 0 Å². The molecule has 1 saturated heterocycles. The molecule has 1 fully saturated rings. The molecule has 2 aromatic rings. The third kappa shape index (κ3) is 3.58. The Morgan fingerprint density at radius 1 is 1.15 bits per heavy atom. The van der Waals surface area contributed by atoms with Crippen LogP contribution in [0.3, 0.4) is 0 Å². The molecule has 4 rings (SSSR count). The van der Waals surface area contributed by atoms with E-state index in [0.717, 1.165) is 74.7 Å². The smallest absolute Gasteiger partial charge is 0.273 e. The Morgan fingerprint density at radius 3 is 2.67 bits per heavy atom. The second-order valence-electron chi connectivity index (χ2n) is 7.41. The number of hydrogen-bond donors (Lipinski definition) is 0. The van der Waals surface area contributed by atoms with Gasteiger partial charge in [0.1, 0.15) is 17.3 Å². The lowest BCUT2D eigenvalue weighted by molar-refractivity contribution is 0.192. The second-order valence-corrected chi connectivity index (χ2v) is 7.41. The summed E-state index contributed by atoms with van der Waals surface area (Å²) in [5.74, 6) is 3.04. The third-order valence-corrected chi connectivity index (χ3v) is 5.75. The highest BCUT2D eigenvalue weighted by atomic mass is 16.5. The van der Waals surface area contributed by atoms with Gasteiger partial charge in [-0.3, -0.25) is 9.69 Å². The Labute approximate surface area is 159 Å². The van der Waals surface area contributed by atoms with Gasteiger partial charge in [0.05, 0.1) is 19.8 Å². The number of methoxy groups -OCH3 is 2. The fraction of sp³-hybridized carbons (Fsp3) is 0.524. The average molecular weight is 369 g/mol. The van der Waals surface area contributed by atoms with E-state index in [0.29, 0.717) is 5.92 Å². The number of rotatable bonds is 5. The number of nitrogens with zero attached hydrogens (tertiary/aromatic N) is 3. The number of ether oxygens (including phenoxy) is 2. The summed E-state index contributed by atoms with van der Waals surface area (Å²) in [7, 11) is 3.40. The second kappa shape index (κ2) is 7.72. The first-order chi connectivity index (χ1) is 13.2. The molecule has 1 aromatic carbocycles. The Balaban J connectivity index is 1.58. The summed E-state index contributed by atoms with van der Waals surface area (Å²) in [6.45, 7) is 3.74. The van der Waals surface area contributed by atoms with Crippen LogP contribution in [0, 0.1) is 0 Å². The summed E-state index contributed by atoms with van der Waals surface area (Å²) in [5, 5.41) is 0. The SMILES string of the molecule is COc1cccc(OC)c1CN1CCC[C@@H](c2cc(=O)nc3n2CCC3)C1. The van der Waals surface area contributed by atoms with E-state index in [9.17, 15) is 4.79 Å². The predicted molar refractivity (Wildman–Crippen MR) is 104 cm³/mol. The maximum atomic E-state index is 12.1. The van der Waals surface area contributed by atoms with E-state index in [1.54, 1.807) is 20.3 Å². The monoisotopic (exact) mass is 369 g/mol. The van der Waals surface area contributed by atoms with E-state index in [2.05, 4.69) is 14.5 Å². The first-order valence-corrected chi connectivity index (χ1v) is 9.72. The molecule has 27 heavy (non-hydrogen) atoms. The number of piperidine rings is 1. The van der Waals surface area contributed by atoms with E-state index in [1.807, 2.05) is 18.2 Å². The molecule has 0 aliphatic carbocycles. The number of fused-ring (bicyclic) bond motifs is 1. The van der Waals surface area contributed by atoms with Crippen LogP contribution >= 0.6 is 0 Å². The van der Waals surface area contributed by atoms with Gasteiger partial charge in [-0.05, 0) is 37.9 Å². The summed E-state index contributed by atoms with van der Waals surface area (Å²) >= 11 is 0.